The number of rotatable bonds is 6. The van der Waals surface area contributed by atoms with Crippen molar-refractivity contribution in [1.82, 2.24) is 0 Å². The van der Waals surface area contributed by atoms with E-state index >= 15 is 0 Å². The van der Waals surface area contributed by atoms with E-state index in [0.29, 0.717) is 16.3 Å². The normalized spacial score (nSPS) is 11.0. The van der Waals surface area contributed by atoms with Gasteiger partial charge >= 0.3 is 5.97 Å². The molecule has 6 heteroatoms. The molecule has 2 aromatic rings. The summed E-state index contributed by atoms with van der Waals surface area (Å²) in [5, 5.41) is 0.572. The third kappa shape index (κ3) is 5.08. The van der Waals surface area contributed by atoms with Gasteiger partial charge in [-0.15, -0.1) is 0 Å². The Bertz CT molecular complexity index is 741. The molecule has 0 fully saturated rings. The molecule has 2 rings (SSSR count). The van der Waals surface area contributed by atoms with Gasteiger partial charge in [0.15, 0.2) is 18.0 Å². The van der Waals surface area contributed by atoms with Crippen LogP contribution in [0.5, 0.6) is 5.75 Å². The Labute approximate surface area is 153 Å². The molecule has 0 unspecified atom stereocenters. The lowest BCUT2D eigenvalue weighted by Gasteiger charge is -2.24. The van der Waals surface area contributed by atoms with Crippen LogP contribution in [0.3, 0.4) is 0 Å². The van der Waals surface area contributed by atoms with E-state index < -0.39 is 11.6 Å². The first-order chi connectivity index (χ1) is 11.3. The van der Waals surface area contributed by atoms with Crippen LogP contribution >= 0.6 is 27.5 Å². The number of esters is 1. The molecule has 0 aliphatic carbocycles. The lowest BCUT2D eigenvalue weighted by molar-refractivity contribution is -0.158. The van der Waals surface area contributed by atoms with Gasteiger partial charge in [0.2, 0.25) is 0 Å². The van der Waals surface area contributed by atoms with Gasteiger partial charge in [-0.25, -0.2) is 4.79 Å². The van der Waals surface area contributed by atoms with E-state index in [0.717, 1.165) is 4.47 Å². The smallest absolute Gasteiger partial charge is 0.350 e. The first-order valence-electron chi connectivity index (χ1n) is 7.18. The molecule has 0 atom stereocenters. The van der Waals surface area contributed by atoms with E-state index in [1.165, 1.54) is 0 Å². The molecule has 0 heterocycles. The molecule has 0 bridgehead atoms. The number of hydrogen-bond acceptors (Lipinski definition) is 4. The van der Waals surface area contributed by atoms with Gasteiger partial charge in [-0.2, -0.15) is 0 Å². The summed E-state index contributed by atoms with van der Waals surface area (Å²) in [5.74, 6) is -0.424. The highest BCUT2D eigenvalue weighted by Crippen LogP contribution is 2.22. The average molecular weight is 412 g/mol. The molecule has 0 aliphatic heterocycles. The Balaban J connectivity index is 1.95. The van der Waals surface area contributed by atoms with Crippen LogP contribution in [0.25, 0.3) is 0 Å². The van der Waals surface area contributed by atoms with Crippen molar-refractivity contribution in [3.05, 3.63) is 63.6 Å². The molecule has 4 nitrogen and oxygen atoms in total. The largest absolute Gasteiger partial charge is 0.476 e. The van der Waals surface area contributed by atoms with Gasteiger partial charge in [0.05, 0.1) is 0 Å². The van der Waals surface area contributed by atoms with Crippen molar-refractivity contribution >= 4 is 39.3 Å². The van der Waals surface area contributed by atoms with Crippen molar-refractivity contribution in [2.45, 2.75) is 19.4 Å². The van der Waals surface area contributed by atoms with Crippen molar-refractivity contribution < 1.29 is 19.1 Å². The van der Waals surface area contributed by atoms with Gasteiger partial charge in [0.1, 0.15) is 5.75 Å². The molecular weight excluding hydrogens is 396 g/mol. The zero-order valence-corrected chi connectivity index (χ0v) is 15.6. The maximum atomic E-state index is 12.2. The van der Waals surface area contributed by atoms with Gasteiger partial charge in [-0.3, -0.25) is 4.79 Å². The van der Waals surface area contributed by atoms with Crippen LogP contribution in [0, 0.1) is 0 Å². The molecule has 0 aliphatic rings. The summed E-state index contributed by atoms with van der Waals surface area (Å²) in [6.07, 6.45) is 0. The van der Waals surface area contributed by atoms with Gasteiger partial charge in [0, 0.05) is 15.1 Å². The van der Waals surface area contributed by atoms with Crippen LogP contribution in [0.1, 0.15) is 24.2 Å². The minimum absolute atomic E-state index is 0.285. The minimum atomic E-state index is -1.23. The fourth-order valence-corrected chi connectivity index (χ4v) is 2.41. The highest BCUT2D eigenvalue weighted by Gasteiger charge is 2.32. The molecule has 0 aromatic heterocycles. The maximum Gasteiger partial charge on any atom is 0.350 e. The predicted molar refractivity (Wildman–Crippen MR) is 95.6 cm³/mol. The number of benzene rings is 2. The summed E-state index contributed by atoms with van der Waals surface area (Å²) in [7, 11) is 0. The van der Waals surface area contributed by atoms with Crippen molar-refractivity contribution in [2.75, 3.05) is 6.61 Å². The average Bonchev–Trinajstić information content (AvgIpc) is 2.54. The van der Waals surface area contributed by atoms with E-state index in [1.54, 1.807) is 56.3 Å². The topological polar surface area (TPSA) is 52.6 Å². The summed E-state index contributed by atoms with van der Waals surface area (Å²) >= 11 is 9.11. The van der Waals surface area contributed by atoms with Crippen LogP contribution in [0.15, 0.2) is 53.0 Å². The second-order valence-electron chi connectivity index (χ2n) is 5.58. The molecule has 24 heavy (non-hydrogen) atoms. The number of carbonyl (C=O) groups is 2. The molecule has 126 valence electrons. The number of Topliss-reactive ketones (excluding diaryl/α,β-unsaturated/α-hetero) is 1. The number of ether oxygens (including phenoxy) is 2. The highest BCUT2D eigenvalue weighted by molar-refractivity contribution is 9.10. The van der Waals surface area contributed by atoms with Gasteiger partial charge in [0.25, 0.3) is 0 Å². The maximum absolute atomic E-state index is 12.2. The van der Waals surface area contributed by atoms with Gasteiger partial charge in [-0.05, 0) is 50.2 Å². The van der Waals surface area contributed by atoms with E-state index in [1.807, 2.05) is 6.07 Å². The Kier molecular flexibility index (Phi) is 6.02. The van der Waals surface area contributed by atoms with E-state index in [9.17, 15) is 9.59 Å². The first-order valence-corrected chi connectivity index (χ1v) is 8.35. The minimum Gasteiger partial charge on any atom is -0.476 e. The summed E-state index contributed by atoms with van der Waals surface area (Å²) in [4.78, 5) is 24.3. The molecule has 0 saturated carbocycles. The second-order valence-corrected chi connectivity index (χ2v) is 6.93. The SMILES string of the molecule is CC(C)(Oc1ccc(Cl)cc1)C(=O)OCC(=O)c1cccc(Br)c1. The molecule has 0 amide bonds. The Morgan fingerprint density at radius 1 is 1.12 bits per heavy atom. The second kappa shape index (κ2) is 7.81. The van der Waals surface area contributed by atoms with Crippen molar-refractivity contribution in [2.24, 2.45) is 0 Å². The third-order valence-electron chi connectivity index (χ3n) is 3.16. The van der Waals surface area contributed by atoms with E-state index in [2.05, 4.69) is 15.9 Å². The first kappa shape index (κ1) is 18.5. The number of ketones is 1. The molecule has 0 N–H and O–H groups in total. The number of hydrogen-bond donors (Lipinski definition) is 0. The van der Waals surface area contributed by atoms with Crippen LogP contribution in [0.2, 0.25) is 5.02 Å². The molecule has 0 radical (unpaired) electrons. The van der Waals surface area contributed by atoms with Crippen LogP contribution in [0.4, 0.5) is 0 Å². The standard InChI is InChI=1S/C18H16BrClO4/c1-18(2,24-15-8-6-14(20)7-9-15)17(22)23-11-16(21)12-4-3-5-13(19)10-12/h3-10H,11H2,1-2H3. The van der Waals surface area contributed by atoms with Gasteiger partial charge in [-0.1, -0.05) is 39.7 Å². The van der Waals surface area contributed by atoms with Crippen molar-refractivity contribution in [3.63, 3.8) is 0 Å². The Morgan fingerprint density at radius 2 is 1.79 bits per heavy atom. The van der Waals surface area contributed by atoms with Crippen LogP contribution in [-0.2, 0) is 9.53 Å². The highest BCUT2D eigenvalue weighted by atomic mass is 79.9. The van der Waals surface area contributed by atoms with Gasteiger partial charge < -0.3 is 9.47 Å². The number of carbonyl (C=O) groups excluding carboxylic acids is 2. The van der Waals surface area contributed by atoms with E-state index in [4.69, 9.17) is 21.1 Å². The summed E-state index contributed by atoms with van der Waals surface area (Å²) in [6.45, 7) is 2.81. The molecular formula is C18H16BrClO4. The fourth-order valence-electron chi connectivity index (χ4n) is 1.89. The third-order valence-corrected chi connectivity index (χ3v) is 3.90. The lowest BCUT2D eigenvalue weighted by atomic mass is 10.1. The summed E-state index contributed by atoms with van der Waals surface area (Å²) in [6, 6.07) is 13.5. The quantitative estimate of drug-likeness (QED) is 0.511. The summed E-state index contributed by atoms with van der Waals surface area (Å²) < 4.78 is 11.5. The zero-order chi connectivity index (χ0) is 17.7. The van der Waals surface area contributed by atoms with Crippen LogP contribution < -0.4 is 4.74 Å². The zero-order valence-electron chi connectivity index (χ0n) is 13.2. The lowest BCUT2D eigenvalue weighted by Crippen LogP contribution is -2.40. The Morgan fingerprint density at radius 3 is 2.42 bits per heavy atom. The molecule has 0 spiro atoms. The van der Waals surface area contributed by atoms with E-state index in [-0.39, 0.29) is 12.4 Å². The summed E-state index contributed by atoms with van der Waals surface area (Å²) in [5.41, 5.74) is -0.764. The predicted octanol–water partition coefficient (Wildman–Crippen LogP) is 4.69. The molecule has 2 aromatic carbocycles. The Hall–Kier alpha value is -1.85. The molecule has 0 saturated heterocycles. The van der Waals surface area contributed by atoms with Crippen LogP contribution in [-0.4, -0.2) is 24.0 Å². The van der Waals surface area contributed by atoms with Crippen molar-refractivity contribution in [1.29, 1.82) is 0 Å². The number of halogens is 2. The van der Waals surface area contributed by atoms with Crippen molar-refractivity contribution in [3.8, 4) is 5.75 Å². The monoisotopic (exact) mass is 410 g/mol. The fraction of sp³-hybridized carbons (Fsp3) is 0.222.